The molecular weight excluding hydrogens is 230 g/mol. The van der Waals surface area contributed by atoms with E-state index >= 15 is 0 Å². The van der Waals surface area contributed by atoms with Gasteiger partial charge in [0.25, 0.3) is 5.91 Å². The molecule has 0 saturated carbocycles. The average Bonchev–Trinajstić information content (AvgIpc) is 2.67. The highest BCUT2D eigenvalue weighted by Gasteiger charge is 2.28. The summed E-state index contributed by atoms with van der Waals surface area (Å²) in [6, 6.07) is 1.80. The lowest BCUT2D eigenvalue weighted by atomic mass is 9.93. The Bertz CT molecular complexity index is 436. The summed E-state index contributed by atoms with van der Waals surface area (Å²) in [4.78, 5) is 14.2. The van der Waals surface area contributed by atoms with Gasteiger partial charge in [-0.15, -0.1) is 0 Å². The van der Waals surface area contributed by atoms with Crippen LogP contribution in [0.1, 0.15) is 41.6 Å². The second-order valence-corrected chi connectivity index (χ2v) is 5.22. The molecule has 1 aromatic rings. The van der Waals surface area contributed by atoms with Gasteiger partial charge in [-0.25, -0.2) is 0 Å². The second-order valence-electron chi connectivity index (χ2n) is 5.22. The number of hydrogen-bond acceptors (Lipinski definition) is 3. The van der Waals surface area contributed by atoms with Crippen molar-refractivity contribution < 1.29 is 14.3 Å². The molecule has 4 nitrogen and oxygen atoms in total. The molecule has 2 rings (SSSR count). The number of aliphatic hydroxyl groups excluding tert-OH is 1. The Hall–Kier alpha value is -1.29. The molecule has 1 N–H and O–H groups in total. The summed E-state index contributed by atoms with van der Waals surface area (Å²) < 4.78 is 5.40. The van der Waals surface area contributed by atoms with Gasteiger partial charge in [-0.05, 0) is 39.7 Å². The minimum atomic E-state index is -0.354. The zero-order valence-electron chi connectivity index (χ0n) is 11.3. The summed E-state index contributed by atoms with van der Waals surface area (Å²) in [6.07, 6.45) is 1.59. The van der Waals surface area contributed by atoms with Gasteiger partial charge in [0.2, 0.25) is 0 Å². The minimum absolute atomic E-state index is 0.0229. The Morgan fingerprint density at radius 1 is 1.56 bits per heavy atom. The van der Waals surface area contributed by atoms with E-state index in [9.17, 15) is 9.90 Å². The fourth-order valence-electron chi connectivity index (χ4n) is 2.60. The van der Waals surface area contributed by atoms with Crippen LogP contribution in [0.25, 0.3) is 0 Å². The predicted octanol–water partition coefficient (Wildman–Crippen LogP) is 2.13. The third-order valence-corrected chi connectivity index (χ3v) is 3.70. The van der Waals surface area contributed by atoms with Crippen LogP contribution >= 0.6 is 0 Å². The number of furan rings is 1. The Kier molecular flexibility index (Phi) is 3.76. The molecule has 1 aromatic heterocycles. The van der Waals surface area contributed by atoms with Crippen LogP contribution in [0.2, 0.25) is 0 Å². The molecule has 0 aliphatic carbocycles. The van der Waals surface area contributed by atoms with Gasteiger partial charge in [-0.3, -0.25) is 4.79 Å². The maximum absolute atomic E-state index is 12.4. The number of aliphatic hydroxyl groups is 1. The predicted molar refractivity (Wildman–Crippen MR) is 68.5 cm³/mol. The molecule has 1 saturated heterocycles. The van der Waals surface area contributed by atoms with E-state index in [1.54, 1.807) is 13.0 Å². The lowest BCUT2D eigenvalue weighted by Gasteiger charge is -2.34. The van der Waals surface area contributed by atoms with Crippen LogP contribution in [0.5, 0.6) is 0 Å². The van der Waals surface area contributed by atoms with E-state index in [1.165, 1.54) is 0 Å². The first kappa shape index (κ1) is 13.1. The van der Waals surface area contributed by atoms with Crippen LogP contribution in [-0.4, -0.2) is 35.1 Å². The number of carbonyl (C=O) groups is 1. The van der Waals surface area contributed by atoms with Gasteiger partial charge in [-0.1, -0.05) is 0 Å². The Morgan fingerprint density at radius 3 is 2.83 bits per heavy atom. The SMILES string of the molecule is Cc1cc(C(=O)N2CCCC(C(C)O)C2)c(C)o1. The number of aryl methyl sites for hydroxylation is 2. The van der Waals surface area contributed by atoms with Gasteiger partial charge >= 0.3 is 0 Å². The van der Waals surface area contributed by atoms with Crippen molar-refractivity contribution in [1.29, 1.82) is 0 Å². The Morgan fingerprint density at radius 2 is 2.28 bits per heavy atom. The maximum atomic E-state index is 12.4. The summed E-state index contributed by atoms with van der Waals surface area (Å²) in [5.41, 5.74) is 0.652. The number of piperidine rings is 1. The Balaban J connectivity index is 2.11. The van der Waals surface area contributed by atoms with Crippen molar-refractivity contribution in [2.24, 2.45) is 5.92 Å². The molecule has 100 valence electrons. The van der Waals surface area contributed by atoms with Gasteiger partial charge in [0.05, 0.1) is 11.7 Å². The summed E-state index contributed by atoms with van der Waals surface area (Å²) in [5, 5.41) is 9.65. The minimum Gasteiger partial charge on any atom is -0.466 e. The summed E-state index contributed by atoms with van der Waals surface area (Å²) in [5.74, 6) is 1.65. The molecule has 2 atom stereocenters. The molecular formula is C14H21NO3. The number of hydrogen-bond donors (Lipinski definition) is 1. The van der Waals surface area contributed by atoms with E-state index < -0.39 is 0 Å². The zero-order chi connectivity index (χ0) is 13.3. The van der Waals surface area contributed by atoms with Gasteiger partial charge in [0, 0.05) is 19.0 Å². The monoisotopic (exact) mass is 251 g/mol. The lowest BCUT2D eigenvalue weighted by Crippen LogP contribution is -2.43. The molecule has 0 radical (unpaired) electrons. The van der Waals surface area contributed by atoms with Crippen LogP contribution in [0.15, 0.2) is 10.5 Å². The topological polar surface area (TPSA) is 53.7 Å². The Labute approximate surface area is 108 Å². The third kappa shape index (κ3) is 2.58. The highest BCUT2D eigenvalue weighted by molar-refractivity contribution is 5.95. The lowest BCUT2D eigenvalue weighted by molar-refractivity contribution is 0.0465. The molecule has 0 bridgehead atoms. The number of likely N-dealkylation sites (tertiary alicyclic amines) is 1. The average molecular weight is 251 g/mol. The fourth-order valence-corrected chi connectivity index (χ4v) is 2.60. The van der Waals surface area contributed by atoms with Crippen molar-refractivity contribution >= 4 is 5.91 Å². The fraction of sp³-hybridized carbons (Fsp3) is 0.643. The molecule has 1 aliphatic rings. The highest BCUT2D eigenvalue weighted by atomic mass is 16.3. The molecule has 1 aliphatic heterocycles. The molecule has 1 fully saturated rings. The van der Waals surface area contributed by atoms with E-state index in [4.69, 9.17) is 4.42 Å². The summed E-state index contributed by atoms with van der Waals surface area (Å²) in [7, 11) is 0. The van der Waals surface area contributed by atoms with Crippen LogP contribution in [0.3, 0.4) is 0 Å². The molecule has 4 heteroatoms. The first-order valence-corrected chi connectivity index (χ1v) is 6.53. The standard InChI is InChI=1S/C14H21NO3/c1-9-7-13(11(3)18-9)14(17)15-6-4-5-12(8-15)10(2)16/h7,10,12,16H,4-6,8H2,1-3H3. The van der Waals surface area contributed by atoms with Crippen molar-refractivity contribution in [2.45, 2.75) is 39.7 Å². The maximum Gasteiger partial charge on any atom is 0.257 e. The highest BCUT2D eigenvalue weighted by Crippen LogP contribution is 2.23. The van der Waals surface area contributed by atoms with E-state index in [1.807, 2.05) is 18.7 Å². The molecule has 2 heterocycles. The van der Waals surface area contributed by atoms with Crippen molar-refractivity contribution in [3.8, 4) is 0 Å². The van der Waals surface area contributed by atoms with E-state index in [-0.39, 0.29) is 17.9 Å². The molecule has 0 spiro atoms. The first-order chi connectivity index (χ1) is 8.49. The third-order valence-electron chi connectivity index (χ3n) is 3.70. The quantitative estimate of drug-likeness (QED) is 0.876. The zero-order valence-corrected chi connectivity index (χ0v) is 11.3. The number of carbonyl (C=O) groups excluding carboxylic acids is 1. The van der Waals surface area contributed by atoms with Crippen molar-refractivity contribution in [2.75, 3.05) is 13.1 Å². The van der Waals surface area contributed by atoms with Gasteiger partial charge in [0.15, 0.2) is 0 Å². The molecule has 0 aromatic carbocycles. The normalized spacial score (nSPS) is 22.0. The number of rotatable bonds is 2. The van der Waals surface area contributed by atoms with E-state index in [2.05, 4.69) is 0 Å². The molecule has 1 amide bonds. The van der Waals surface area contributed by atoms with Gasteiger partial charge < -0.3 is 14.4 Å². The number of nitrogens with zero attached hydrogens (tertiary/aromatic N) is 1. The van der Waals surface area contributed by atoms with E-state index in [0.717, 1.165) is 25.1 Å². The largest absolute Gasteiger partial charge is 0.466 e. The molecule has 18 heavy (non-hydrogen) atoms. The van der Waals surface area contributed by atoms with Crippen molar-refractivity contribution in [3.05, 3.63) is 23.2 Å². The first-order valence-electron chi connectivity index (χ1n) is 6.53. The summed E-state index contributed by atoms with van der Waals surface area (Å²) >= 11 is 0. The van der Waals surface area contributed by atoms with Crippen LogP contribution in [0.4, 0.5) is 0 Å². The van der Waals surface area contributed by atoms with Crippen LogP contribution in [-0.2, 0) is 0 Å². The van der Waals surface area contributed by atoms with Gasteiger partial charge in [-0.2, -0.15) is 0 Å². The molecule has 2 unspecified atom stereocenters. The van der Waals surface area contributed by atoms with E-state index in [0.29, 0.717) is 17.9 Å². The van der Waals surface area contributed by atoms with Crippen molar-refractivity contribution in [1.82, 2.24) is 4.90 Å². The van der Waals surface area contributed by atoms with Crippen LogP contribution in [0, 0.1) is 19.8 Å². The smallest absolute Gasteiger partial charge is 0.257 e. The summed E-state index contributed by atoms with van der Waals surface area (Å²) in [6.45, 7) is 6.87. The second kappa shape index (κ2) is 5.14. The van der Waals surface area contributed by atoms with Gasteiger partial charge in [0.1, 0.15) is 11.5 Å². The number of amides is 1. The van der Waals surface area contributed by atoms with Crippen molar-refractivity contribution in [3.63, 3.8) is 0 Å². The van der Waals surface area contributed by atoms with Crippen LogP contribution < -0.4 is 0 Å².